The Morgan fingerprint density at radius 3 is 2.47 bits per heavy atom. The minimum Gasteiger partial charge on any atom is -0.345 e. The maximum absolute atomic E-state index is 15.3. The van der Waals surface area contributed by atoms with E-state index in [1.165, 1.54) is 13.2 Å². The number of aromatic amines is 1. The summed E-state index contributed by atoms with van der Waals surface area (Å²) < 4.78 is 57.8. The highest BCUT2D eigenvalue weighted by atomic mass is 32.2. The molecule has 0 atom stereocenters. The van der Waals surface area contributed by atoms with Crippen LogP contribution in [0, 0.1) is 11.6 Å². The van der Waals surface area contributed by atoms with Crippen molar-refractivity contribution in [3.05, 3.63) is 65.7 Å². The summed E-state index contributed by atoms with van der Waals surface area (Å²) in [5.41, 5.74) is 0.180. The fraction of sp³-hybridized carbons (Fsp3) is 0.280. The number of anilines is 2. The van der Waals surface area contributed by atoms with E-state index in [0.29, 0.717) is 28.1 Å². The summed E-state index contributed by atoms with van der Waals surface area (Å²) in [5.74, 6) is -2.75. The van der Waals surface area contributed by atoms with Gasteiger partial charge in [-0.05, 0) is 31.0 Å². The van der Waals surface area contributed by atoms with Crippen LogP contribution in [-0.2, 0) is 10.2 Å². The van der Waals surface area contributed by atoms with Gasteiger partial charge in [0.2, 0.25) is 11.7 Å². The first-order chi connectivity index (χ1) is 18.2. The molecule has 5 rings (SSSR count). The van der Waals surface area contributed by atoms with Gasteiger partial charge in [-0.15, -0.1) is 0 Å². The molecule has 1 aliphatic rings. The SMILES string of the molecule is CCN(C)S(=O)(=O)Nc1ccc(F)c(C(=O)c2c[nH]c3ncc(-c4cnc(N5CCCC5)nc4)cc23)c1F. The summed E-state index contributed by atoms with van der Waals surface area (Å²) in [6.07, 6.45) is 8.43. The lowest BCUT2D eigenvalue weighted by atomic mass is 10.0. The first kappa shape index (κ1) is 25.7. The molecule has 1 fully saturated rings. The Hall–Kier alpha value is -3.97. The summed E-state index contributed by atoms with van der Waals surface area (Å²) in [5, 5.41) is 0.339. The Labute approximate surface area is 217 Å². The molecule has 10 nitrogen and oxygen atoms in total. The van der Waals surface area contributed by atoms with Crippen molar-refractivity contribution in [3.8, 4) is 11.1 Å². The minimum absolute atomic E-state index is 0.0209. The van der Waals surface area contributed by atoms with Crippen LogP contribution in [0.1, 0.15) is 35.7 Å². The number of nitrogens with zero attached hydrogens (tertiary/aromatic N) is 5. The van der Waals surface area contributed by atoms with E-state index in [9.17, 15) is 17.6 Å². The molecule has 0 unspecified atom stereocenters. The van der Waals surface area contributed by atoms with E-state index in [2.05, 4.69) is 29.6 Å². The highest BCUT2D eigenvalue weighted by Crippen LogP contribution is 2.30. The summed E-state index contributed by atoms with van der Waals surface area (Å²) in [6, 6.07) is 3.44. The van der Waals surface area contributed by atoms with Gasteiger partial charge in [0.1, 0.15) is 11.5 Å². The molecule has 0 amide bonds. The van der Waals surface area contributed by atoms with Crippen molar-refractivity contribution in [1.29, 1.82) is 0 Å². The lowest BCUT2D eigenvalue weighted by molar-refractivity contribution is 0.103. The van der Waals surface area contributed by atoms with E-state index in [4.69, 9.17) is 0 Å². The Bertz CT molecular complexity index is 1620. The topological polar surface area (TPSA) is 124 Å². The molecule has 1 aliphatic heterocycles. The lowest BCUT2D eigenvalue weighted by Gasteiger charge is -2.17. The largest absolute Gasteiger partial charge is 0.345 e. The van der Waals surface area contributed by atoms with Crippen molar-refractivity contribution < 1.29 is 22.0 Å². The van der Waals surface area contributed by atoms with Crippen molar-refractivity contribution in [1.82, 2.24) is 24.2 Å². The fourth-order valence-corrected chi connectivity index (χ4v) is 5.19. The summed E-state index contributed by atoms with van der Waals surface area (Å²) >= 11 is 0. The highest BCUT2D eigenvalue weighted by molar-refractivity contribution is 7.90. The molecule has 3 aromatic heterocycles. The standard InChI is InChI=1S/C25H25F2N7O3S/c1-3-33(2)38(36,37)32-20-7-6-19(26)21(22(20)27)23(35)18-14-29-24-17(18)10-15(11-28-24)16-12-30-25(31-13-16)34-8-4-5-9-34/h6-7,10-14,32H,3-5,8-9H2,1-2H3,(H,28,29). The summed E-state index contributed by atoms with van der Waals surface area (Å²) in [4.78, 5) is 31.5. The molecule has 13 heteroatoms. The second-order valence-electron chi connectivity index (χ2n) is 8.92. The molecular weight excluding hydrogens is 516 g/mol. The van der Waals surface area contributed by atoms with Gasteiger partial charge in [0.15, 0.2) is 5.82 Å². The lowest BCUT2D eigenvalue weighted by Crippen LogP contribution is -2.32. The van der Waals surface area contributed by atoms with Gasteiger partial charge in [0.25, 0.3) is 0 Å². The molecule has 2 N–H and O–H groups in total. The smallest absolute Gasteiger partial charge is 0.301 e. The van der Waals surface area contributed by atoms with Gasteiger partial charge in [0, 0.05) is 73.5 Å². The van der Waals surface area contributed by atoms with Crippen LogP contribution in [0.5, 0.6) is 0 Å². The van der Waals surface area contributed by atoms with Crippen LogP contribution in [0.25, 0.3) is 22.2 Å². The number of H-pyrrole nitrogens is 1. The molecule has 4 aromatic rings. The molecule has 0 bridgehead atoms. The van der Waals surface area contributed by atoms with Crippen LogP contribution in [-0.4, -0.2) is 65.1 Å². The number of aromatic nitrogens is 4. The number of halogens is 2. The molecule has 38 heavy (non-hydrogen) atoms. The maximum atomic E-state index is 15.3. The second-order valence-corrected chi connectivity index (χ2v) is 10.7. The quantitative estimate of drug-likeness (QED) is 0.326. The Kier molecular flexibility index (Phi) is 6.80. The van der Waals surface area contributed by atoms with Gasteiger partial charge in [-0.3, -0.25) is 9.52 Å². The van der Waals surface area contributed by atoms with E-state index in [1.54, 1.807) is 31.6 Å². The molecule has 0 saturated carbocycles. The van der Waals surface area contributed by atoms with Crippen LogP contribution < -0.4 is 9.62 Å². The number of fused-ring (bicyclic) bond motifs is 1. The van der Waals surface area contributed by atoms with Gasteiger partial charge in [-0.1, -0.05) is 6.92 Å². The van der Waals surface area contributed by atoms with E-state index >= 15 is 4.39 Å². The van der Waals surface area contributed by atoms with Crippen LogP contribution in [0.15, 0.2) is 43.0 Å². The molecule has 0 spiro atoms. The Balaban J connectivity index is 1.49. The molecule has 0 aliphatic carbocycles. The molecule has 1 saturated heterocycles. The number of ketones is 1. The third kappa shape index (κ3) is 4.70. The van der Waals surface area contributed by atoms with E-state index in [1.807, 2.05) is 0 Å². The number of pyridine rings is 1. The number of benzene rings is 1. The number of rotatable bonds is 8. The summed E-state index contributed by atoms with van der Waals surface area (Å²) in [7, 11) is -2.79. The van der Waals surface area contributed by atoms with Gasteiger partial charge in [-0.2, -0.15) is 12.7 Å². The Morgan fingerprint density at radius 1 is 1.11 bits per heavy atom. The van der Waals surface area contributed by atoms with Crippen molar-refractivity contribution in [2.45, 2.75) is 19.8 Å². The highest BCUT2D eigenvalue weighted by Gasteiger charge is 2.27. The number of hydrogen-bond acceptors (Lipinski definition) is 7. The average Bonchev–Trinajstić information content (AvgIpc) is 3.60. The number of carbonyl (C=O) groups excluding carboxylic acids is 1. The molecule has 1 aromatic carbocycles. The molecule has 198 valence electrons. The number of nitrogens with one attached hydrogen (secondary N) is 2. The zero-order chi connectivity index (χ0) is 27.0. The van der Waals surface area contributed by atoms with Gasteiger partial charge in [0.05, 0.1) is 11.3 Å². The zero-order valence-corrected chi connectivity index (χ0v) is 21.5. The van der Waals surface area contributed by atoms with Crippen LogP contribution in [0.4, 0.5) is 20.4 Å². The second kappa shape index (κ2) is 10.1. The fourth-order valence-electron chi connectivity index (χ4n) is 4.26. The van der Waals surface area contributed by atoms with Crippen molar-refractivity contribution in [2.75, 3.05) is 36.3 Å². The normalized spacial score (nSPS) is 14.0. The van der Waals surface area contributed by atoms with Gasteiger partial charge < -0.3 is 9.88 Å². The Morgan fingerprint density at radius 2 is 1.79 bits per heavy atom. The van der Waals surface area contributed by atoms with Gasteiger partial charge >= 0.3 is 10.2 Å². The summed E-state index contributed by atoms with van der Waals surface area (Å²) in [6.45, 7) is 3.54. The van der Waals surface area contributed by atoms with Crippen molar-refractivity contribution in [2.24, 2.45) is 0 Å². The first-order valence-corrected chi connectivity index (χ1v) is 13.4. The van der Waals surface area contributed by atoms with Crippen LogP contribution >= 0.6 is 0 Å². The maximum Gasteiger partial charge on any atom is 0.301 e. The van der Waals surface area contributed by atoms with E-state index in [0.717, 1.165) is 42.4 Å². The molecule has 4 heterocycles. The van der Waals surface area contributed by atoms with Gasteiger partial charge in [-0.25, -0.2) is 23.7 Å². The monoisotopic (exact) mass is 541 g/mol. The van der Waals surface area contributed by atoms with Crippen LogP contribution in [0.3, 0.4) is 0 Å². The van der Waals surface area contributed by atoms with E-state index < -0.39 is 38.9 Å². The van der Waals surface area contributed by atoms with Crippen LogP contribution in [0.2, 0.25) is 0 Å². The minimum atomic E-state index is -4.10. The average molecular weight is 542 g/mol. The molecule has 0 radical (unpaired) electrons. The predicted molar refractivity (Wildman–Crippen MR) is 139 cm³/mol. The third-order valence-corrected chi connectivity index (χ3v) is 8.11. The zero-order valence-electron chi connectivity index (χ0n) is 20.7. The van der Waals surface area contributed by atoms with Crippen molar-refractivity contribution >= 4 is 38.7 Å². The number of carbonyl (C=O) groups is 1. The van der Waals surface area contributed by atoms with Crippen molar-refractivity contribution in [3.63, 3.8) is 0 Å². The third-order valence-electron chi connectivity index (χ3n) is 6.55. The first-order valence-electron chi connectivity index (χ1n) is 12.0. The number of hydrogen-bond donors (Lipinski definition) is 2. The molecular formula is C25H25F2N7O3S. The van der Waals surface area contributed by atoms with E-state index in [-0.39, 0.29) is 12.1 Å². The predicted octanol–water partition coefficient (Wildman–Crippen LogP) is 3.74.